The quantitative estimate of drug-likeness (QED) is 0.911. The van der Waals surface area contributed by atoms with Gasteiger partial charge in [0.2, 0.25) is 5.82 Å². The van der Waals surface area contributed by atoms with Gasteiger partial charge in [0.1, 0.15) is 11.6 Å². The fraction of sp³-hybridized carbons (Fsp3) is 0.600. The molecule has 1 aliphatic rings. The molecule has 0 aliphatic heterocycles. The SMILES string of the molecule is Cc1ccc(-c2nc(C3CCCC3)n(CCCO)n2)o1. The van der Waals surface area contributed by atoms with Crippen LogP contribution in [0.2, 0.25) is 0 Å². The summed E-state index contributed by atoms with van der Waals surface area (Å²) in [7, 11) is 0. The Balaban J connectivity index is 1.91. The predicted octanol–water partition coefficient (Wildman–Crippen LogP) is 2.89. The fourth-order valence-corrected chi connectivity index (χ4v) is 2.88. The van der Waals surface area contributed by atoms with Gasteiger partial charge in [0.05, 0.1) is 0 Å². The zero-order valence-electron chi connectivity index (χ0n) is 11.9. The van der Waals surface area contributed by atoms with E-state index in [1.807, 2.05) is 23.7 Å². The molecule has 2 heterocycles. The Morgan fingerprint density at radius 3 is 2.80 bits per heavy atom. The van der Waals surface area contributed by atoms with E-state index < -0.39 is 0 Å². The van der Waals surface area contributed by atoms with Crippen LogP contribution in [-0.2, 0) is 6.54 Å². The topological polar surface area (TPSA) is 64.1 Å². The third-order valence-electron chi connectivity index (χ3n) is 3.91. The molecular weight excluding hydrogens is 254 g/mol. The molecule has 1 N–H and O–H groups in total. The molecule has 2 aromatic heterocycles. The van der Waals surface area contributed by atoms with Crippen molar-refractivity contribution in [2.45, 2.75) is 51.5 Å². The molecule has 3 rings (SSSR count). The number of aliphatic hydroxyl groups is 1. The van der Waals surface area contributed by atoms with Crippen LogP contribution in [0.1, 0.15) is 49.6 Å². The van der Waals surface area contributed by atoms with Crippen LogP contribution in [0.4, 0.5) is 0 Å². The summed E-state index contributed by atoms with van der Waals surface area (Å²) in [4.78, 5) is 4.71. The van der Waals surface area contributed by atoms with Crippen molar-refractivity contribution in [2.75, 3.05) is 6.61 Å². The lowest BCUT2D eigenvalue weighted by atomic mass is 10.1. The molecule has 1 aliphatic carbocycles. The molecule has 5 nitrogen and oxygen atoms in total. The third kappa shape index (κ3) is 2.63. The van der Waals surface area contributed by atoms with E-state index in [4.69, 9.17) is 14.5 Å². The summed E-state index contributed by atoms with van der Waals surface area (Å²) in [6, 6.07) is 3.85. The minimum absolute atomic E-state index is 0.180. The van der Waals surface area contributed by atoms with Gasteiger partial charge < -0.3 is 9.52 Å². The van der Waals surface area contributed by atoms with Gasteiger partial charge in [-0.15, -0.1) is 5.10 Å². The standard InChI is InChI=1S/C15H21N3O2/c1-11-7-8-13(20-11)14-16-15(12-5-2-3-6-12)18(17-14)9-4-10-19/h7-8,12,19H,2-6,9-10H2,1H3. The molecule has 108 valence electrons. The van der Waals surface area contributed by atoms with E-state index in [2.05, 4.69) is 5.10 Å². The van der Waals surface area contributed by atoms with Gasteiger partial charge in [-0.2, -0.15) is 0 Å². The summed E-state index contributed by atoms with van der Waals surface area (Å²) >= 11 is 0. The van der Waals surface area contributed by atoms with E-state index in [0.29, 0.717) is 18.2 Å². The van der Waals surface area contributed by atoms with Crippen LogP contribution in [-0.4, -0.2) is 26.5 Å². The largest absolute Gasteiger partial charge is 0.458 e. The van der Waals surface area contributed by atoms with Crippen LogP contribution in [0.15, 0.2) is 16.5 Å². The molecule has 0 spiro atoms. The van der Waals surface area contributed by atoms with Crippen molar-refractivity contribution in [3.05, 3.63) is 23.7 Å². The average Bonchev–Trinajstić information content (AvgIpc) is 3.15. The molecule has 1 saturated carbocycles. The Labute approximate surface area is 118 Å². The molecular formula is C15H21N3O2. The Morgan fingerprint density at radius 1 is 1.35 bits per heavy atom. The van der Waals surface area contributed by atoms with Gasteiger partial charge >= 0.3 is 0 Å². The number of aromatic nitrogens is 3. The van der Waals surface area contributed by atoms with Gasteiger partial charge in [-0.25, -0.2) is 9.67 Å². The Kier molecular flexibility index (Phi) is 3.87. The van der Waals surface area contributed by atoms with Gasteiger partial charge in [-0.3, -0.25) is 0 Å². The first-order valence-corrected chi connectivity index (χ1v) is 7.40. The molecule has 20 heavy (non-hydrogen) atoms. The zero-order valence-corrected chi connectivity index (χ0v) is 11.9. The molecule has 0 atom stereocenters. The van der Waals surface area contributed by atoms with Crippen LogP contribution in [0, 0.1) is 6.92 Å². The monoisotopic (exact) mass is 275 g/mol. The van der Waals surface area contributed by atoms with Crippen molar-refractivity contribution in [3.8, 4) is 11.6 Å². The maximum atomic E-state index is 9.03. The third-order valence-corrected chi connectivity index (χ3v) is 3.91. The first kappa shape index (κ1) is 13.4. The minimum atomic E-state index is 0.180. The first-order valence-electron chi connectivity index (χ1n) is 7.40. The lowest BCUT2D eigenvalue weighted by molar-refractivity contribution is 0.275. The number of nitrogens with zero attached hydrogens (tertiary/aromatic N) is 3. The van der Waals surface area contributed by atoms with Crippen molar-refractivity contribution in [2.24, 2.45) is 0 Å². The highest BCUT2D eigenvalue weighted by Gasteiger charge is 2.24. The van der Waals surface area contributed by atoms with Gasteiger partial charge in [-0.1, -0.05) is 12.8 Å². The number of hydrogen-bond acceptors (Lipinski definition) is 4. The minimum Gasteiger partial charge on any atom is -0.458 e. The van der Waals surface area contributed by atoms with E-state index in [-0.39, 0.29) is 6.61 Å². The Bertz CT molecular complexity index is 567. The van der Waals surface area contributed by atoms with Gasteiger partial charge in [0.25, 0.3) is 0 Å². The molecule has 2 aromatic rings. The van der Waals surface area contributed by atoms with Crippen LogP contribution < -0.4 is 0 Å². The van der Waals surface area contributed by atoms with E-state index in [1.165, 1.54) is 25.7 Å². The smallest absolute Gasteiger partial charge is 0.217 e. The second-order valence-electron chi connectivity index (χ2n) is 5.49. The maximum absolute atomic E-state index is 9.03. The van der Waals surface area contributed by atoms with Gasteiger partial charge in [0.15, 0.2) is 5.76 Å². The molecule has 1 fully saturated rings. The van der Waals surface area contributed by atoms with E-state index >= 15 is 0 Å². The summed E-state index contributed by atoms with van der Waals surface area (Å²) in [6.07, 6.45) is 5.63. The number of aryl methyl sites for hydroxylation is 2. The zero-order chi connectivity index (χ0) is 13.9. The van der Waals surface area contributed by atoms with Crippen molar-refractivity contribution in [3.63, 3.8) is 0 Å². The molecule has 0 amide bonds. The normalized spacial score (nSPS) is 16.1. The highest BCUT2D eigenvalue weighted by molar-refractivity contribution is 5.46. The summed E-state index contributed by atoms with van der Waals surface area (Å²) in [5.74, 6) is 3.82. The average molecular weight is 275 g/mol. The highest BCUT2D eigenvalue weighted by Crippen LogP contribution is 2.34. The summed E-state index contributed by atoms with van der Waals surface area (Å²) in [6.45, 7) is 2.82. The second kappa shape index (κ2) is 5.79. The molecule has 0 radical (unpaired) electrons. The lowest BCUT2D eigenvalue weighted by Crippen LogP contribution is -2.09. The van der Waals surface area contributed by atoms with Crippen molar-refractivity contribution in [1.82, 2.24) is 14.8 Å². The van der Waals surface area contributed by atoms with Crippen molar-refractivity contribution >= 4 is 0 Å². The fourth-order valence-electron chi connectivity index (χ4n) is 2.88. The van der Waals surface area contributed by atoms with Gasteiger partial charge in [-0.05, 0) is 38.3 Å². The summed E-state index contributed by atoms with van der Waals surface area (Å²) < 4.78 is 7.58. The van der Waals surface area contributed by atoms with Crippen LogP contribution in [0.3, 0.4) is 0 Å². The second-order valence-corrected chi connectivity index (χ2v) is 5.49. The highest BCUT2D eigenvalue weighted by atomic mass is 16.3. The lowest BCUT2D eigenvalue weighted by Gasteiger charge is -2.09. The molecule has 5 heteroatoms. The molecule has 0 bridgehead atoms. The number of furan rings is 1. The van der Waals surface area contributed by atoms with Gasteiger partial charge in [0, 0.05) is 19.1 Å². The van der Waals surface area contributed by atoms with E-state index in [0.717, 1.165) is 23.9 Å². The molecule has 0 unspecified atom stereocenters. The Hall–Kier alpha value is -1.62. The predicted molar refractivity (Wildman–Crippen MR) is 75.4 cm³/mol. The summed E-state index contributed by atoms with van der Waals surface area (Å²) in [5.41, 5.74) is 0. The van der Waals surface area contributed by atoms with Crippen molar-refractivity contribution < 1.29 is 9.52 Å². The van der Waals surface area contributed by atoms with Crippen LogP contribution in [0.25, 0.3) is 11.6 Å². The van der Waals surface area contributed by atoms with Crippen LogP contribution in [0.5, 0.6) is 0 Å². The Morgan fingerprint density at radius 2 is 2.15 bits per heavy atom. The van der Waals surface area contributed by atoms with E-state index in [1.54, 1.807) is 0 Å². The van der Waals surface area contributed by atoms with Crippen LogP contribution >= 0.6 is 0 Å². The number of hydrogen-bond donors (Lipinski definition) is 1. The number of rotatable bonds is 5. The molecule has 0 saturated heterocycles. The summed E-state index contributed by atoms with van der Waals surface area (Å²) in [5, 5.41) is 13.6. The van der Waals surface area contributed by atoms with E-state index in [9.17, 15) is 0 Å². The number of aliphatic hydroxyl groups excluding tert-OH is 1. The molecule has 0 aromatic carbocycles. The first-order chi connectivity index (χ1) is 9.78. The van der Waals surface area contributed by atoms with Crippen molar-refractivity contribution in [1.29, 1.82) is 0 Å². The maximum Gasteiger partial charge on any atom is 0.217 e.